The molecule has 4 nitrogen and oxygen atoms in total. The number of rotatable bonds is 7. The minimum Gasteiger partial charge on any atom is -0.491 e. The normalized spacial score (nSPS) is 12.4. The Bertz CT molecular complexity index is 565. The van der Waals surface area contributed by atoms with E-state index in [9.17, 15) is 8.42 Å². The van der Waals surface area contributed by atoms with E-state index in [4.69, 9.17) is 16.3 Å². The van der Waals surface area contributed by atoms with Crippen LogP contribution in [0.1, 0.15) is 33.3 Å². The van der Waals surface area contributed by atoms with Crippen LogP contribution in [0.5, 0.6) is 5.75 Å². The maximum Gasteiger partial charge on any atom is 0.158 e. The van der Waals surface area contributed by atoms with Gasteiger partial charge in [0, 0.05) is 6.54 Å². The van der Waals surface area contributed by atoms with Crippen LogP contribution < -0.4 is 10.1 Å². The van der Waals surface area contributed by atoms with Gasteiger partial charge in [-0.1, -0.05) is 24.6 Å². The van der Waals surface area contributed by atoms with Crippen molar-refractivity contribution in [2.75, 3.05) is 18.9 Å². The largest absolute Gasteiger partial charge is 0.491 e. The van der Waals surface area contributed by atoms with Crippen molar-refractivity contribution in [3.63, 3.8) is 0 Å². The fourth-order valence-corrected chi connectivity index (χ4v) is 2.78. The van der Waals surface area contributed by atoms with E-state index in [1.54, 1.807) is 26.8 Å². The third-order valence-corrected chi connectivity index (χ3v) is 5.98. The van der Waals surface area contributed by atoms with Crippen molar-refractivity contribution in [2.24, 2.45) is 0 Å². The van der Waals surface area contributed by atoms with Crippen LogP contribution >= 0.6 is 11.6 Å². The van der Waals surface area contributed by atoms with E-state index >= 15 is 0 Å². The predicted molar refractivity (Wildman–Crippen MR) is 87.9 cm³/mol. The molecule has 1 aromatic carbocycles. The zero-order valence-corrected chi connectivity index (χ0v) is 14.6. The van der Waals surface area contributed by atoms with Gasteiger partial charge in [-0.3, -0.25) is 0 Å². The molecule has 0 spiro atoms. The Morgan fingerprint density at radius 1 is 1.29 bits per heavy atom. The Morgan fingerprint density at radius 3 is 2.48 bits per heavy atom. The van der Waals surface area contributed by atoms with Crippen LogP contribution in [0.3, 0.4) is 0 Å². The second-order valence-electron chi connectivity index (χ2n) is 5.82. The molecule has 6 heteroatoms. The van der Waals surface area contributed by atoms with Crippen LogP contribution in [0.2, 0.25) is 5.02 Å². The number of halogens is 1. The fourth-order valence-electron chi connectivity index (χ4n) is 1.61. The first-order valence-corrected chi connectivity index (χ1v) is 9.04. The molecule has 0 aliphatic heterocycles. The van der Waals surface area contributed by atoms with Gasteiger partial charge in [-0.2, -0.15) is 0 Å². The number of ether oxygens (including phenoxy) is 1. The summed E-state index contributed by atoms with van der Waals surface area (Å²) < 4.78 is 28.7. The van der Waals surface area contributed by atoms with Crippen LogP contribution in [0.15, 0.2) is 18.2 Å². The van der Waals surface area contributed by atoms with Crippen molar-refractivity contribution in [2.45, 2.75) is 39.0 Å². The average molecular weight is 334 g/mol. The Labute approximate surface area is 132 Å². The van der Waals surface area contributed by atoms with Crippen molar-refractivity contribution in [1.29, 1.82) is 0 Å². The first-order valence-electron chi connectivity index (χ1n) is 7.01. The molecule has 0 saturated heterocycles. The van der Waals surface area contributed by atoms with Crippen molar-refractivity contribution in [3.8, 4) is 5.75 Å². The Kier molecular flexibility index (Phi) is 6.50. The molecule has 0 aliphatic carbocycles. The maximum atomic E-state index is 12.0. The maximum absolute atomic E-state index is 12.0. The third-order valence-electron chi connectivity index (χ3n) is 3.12. The summed E-state index contributed by atoms with van der Waals surface area (Å²) in [5.74, 6) is 0.493. The van der Waals surface area contributed by atoms with Crippen LogP contribution in [0.4, 0.5) is 0 Å². The lowest BCUT2D eigenvalue weighted by Crippen LogP contribution is -2.32. The molecular formula is C15H24ClNO3S. The molecular weight excluding hydrogens is 310 g/mol. The van der Waals surface area contributed by atoms with Gasteiger partial charge in [0.05, 0.1) is 15.5 Å². The molecule has 0 aliphatic rings. The zero-order valence-electron chi connectivity index (χ0n) is 13.1. The number of benzene rings is 1. The molecule has 1 aromatic rings. The smallest absolute Gasteiger partial charge is 0.158 e. The standard InChI is InChI=1S/C15H24ClNO3S/c1-5-17-11-12-6-7-14(13(16)10-12)20-8-9-21(18,19)15(2,3)4/h6-7,10,17H,5,8-9,11H2,1-4H3. The van der Waals surface area contributed by atoms with Crippen molar-refractivity contribution >= 4 is 21.4 Å². The monoisotopic (exact) mass is 333 g/mol. The Hall–Kier alpha value is -0.780. The van der Waals surface area contributed by atoms with Crippen molar-refractivity contribution < 1.29 is 13.2 Å². The molecule has 0 aromatic heterocycles. The number of sulfone groups is 1. The lowest BCUT2D eigenvalue weighted by atomic mass is 10.2. The minimum absolute atomic E-state index is 0.0219. The van der Waals surface area contributed by atoms with Gasteiger partial charge in [0.15, 0.2) is 9.84 Å². The summed E-state index contributed by atoms with van der Waals surface area (Å²) >= 11 is 6.15. The van der Waals surface area contributed by atoms with E-state index in [2.05, 4.69) is 5.32 Å². The third kappa shape index (κ3) is 5.49. The van der Waals surface area contributed by atoms with Gasteiger partial charge in [-0.05, 0) is 45.0 Å². The van der Waals surface area contributed by atoms with Gasteiger partial charge in [-0.25, -0.2) is 8.42 Å². The molecule has 21 heavy (non-hydrogen) atoms. The molecule has 0 fully saturated rings. The lowest BCUT2D eigenvalue weighted by Gasteiger charge is -2.19. The second-order valence-corrected chi connectivity index (χ2v) is 9.09. The topological polar surface area (TPSA) is 55.4 Å². The molecule has 0 unspecified atom stereocenters. The van der Waals surface area contributed by atoms with E-state index in [1.807, 2.05) is 19.1 Å². The molecule has 120 valence electrons. The molecule has 1 rings (SSSR count). The van der Waals surface area contributed by atoms with E-state index in [-0.39, 0.29) is 12.4 Å². The van der Waals surface area contributed by atoms with Gasteiger partial charge in [0.1, 0.15) is 12.4 Å². The van der Waals surface area contributed by atoms with Crippen LogP contribution in [0.25, 0.3) is 0 Å². The predicted octanol–water partition coefficient (Wildman–Crippen LogP) is 3.04. The summed E-state index contributed by atoms with van der Waals surface area (Å²) in [5.41, 5.74) is 1.07. The Morgan fingerprint density at radius 2 is 1.95 bits per heavy atom. The van der Waals surface area contributed by atoms with Gasteiger partial charge in [-0.15, -0.1) is 0 Å². The Balaban J connectivity index is 2.61. The summed E-state index contributed by atoms with van der Waals surface area (Å²) in [5, 5.41) is 3.71. The summed E-state index contributed by atoms with van der Waals surface area (Å²) in [4.78, 5) is 0. The van der Waals surface area contributed by atoms with Gasteiger partial charge in [0.2, 0.25) is 0 Å². The van der Waals surface area contributed by atoms with Crippen LogP contribution in [0, 0.1) is 0 Å². The highest BCUT2D eigenvalue weighted by atomic mass is 35.5. The molecule has 0 saturated carbocycles. The molecule has 0 radical (unpaired) electrons. The quantitative estimate of drug-likeness (QED) is 0.833. The number of nitrogens with one attached hydrogen (secondary N) is 1. The van der Waals surface area contributed by atoms with Crippen LogP contribution in [-0.2, 0) is 16.4 Å². The highest BCUT2D eigenvalue weighted by molar-refractivity contribution is 7.92. The van der Waals surface area contributed by atoms with Gasteiger partial charge >= 0.3 is 0 Å². The number of hydrogen-bond acceptors (Lipinski definition) is 4. The number of hydrogen-bond donors (Lipinski definition) is 1. The average Bonchev–Trinajstić information content (AvgIpc) is 2.37. The first kappa shape index (κ1) is 18.3. The highest BCUT2D eigenvalue weighted by Gasteiger charge is 2.28. The lowest BCUT2D eigenvalue weighted by molar-refractivity contribution is 0.340. The van der Waals surface area contributed by atoms with Crippen molar-refractivity contribution in [1.82, 2.24) is 5.32 Å². The highest BCUT2D eigenvalue weighted by Crippen LogP contribution is 2.26. The van der Waals surface area contributed by atoms with Crippen molar-refractivity contribution in [3.05, 3.63) is 28.8 Å². The summed E-state index contributed by atoms with van der Waals surface area (Å²) in [6.45, 7) is 8.83. The van der Waals surface area contributed by atoms with Crippen LogP contribution in [-0.4, -0.2) is 32.1 Å². The van der Waals surface area contributed by atoms with Gasteiger partial charge < -0.3 is 10.1 Å². The first-order chi connectivity index (χ1) is 9.67. The fraction of sp³-hybridized carbons (Fsp3) is 0.600. The van der Waals surface area contributed by atoms with E-state index in [0.29, 0.717) is 10.8 Å². The van der Waals surface area contributed by atoms with E-state index in [1.165, 1.54) is 0 Å². The van der Waals surface area contributed by atoms with Gasteiger partial charge in [0.25, 0.3) is 0 Å². The molecule has 0 atom stereocenters. The van der Waals surface area contributed by atoms with E-state index in [0.717, 1.165) is 18.7 Å². The zero-order chi connectivity index (χ0) is 16.1. The minimum atomic E-state index is -3.18. The summed E-state index contributed by atoms with van der Waals surface area (Å²) in [6, 6.07) is 5.53. The molecule has 0 bridgehead atoms. The summed E-state index contributed by atoms with van der Waals surface area (Å²) in [6.07, 6.45) is 0. The molecule has 0 heterocycles. The second kappa shape index (κ2) is 7.47. The summed E-state index contributed by atoms with van der Waals surface area (Å²) in [7, 11) is -3.18. The molecule has 0 amide bonds. The van der Waals surface area contributed by atoms with E-state index < -0.39 is 14.6 Å². The SMILES string of the molecule is CCNCc1ccc(OCCS(=O)(=O)C(C)(C)C)c(Cl)c1. The molecule has 1 N–H and O–H groups in total.